The Morgan fingerprint density at radius 2 is 1.74 bits per heavy atom. The van der Waals surface area contributed by atoms with Gasteiger partial charge in [0.1, 0.15) is 11.5 Å². The number of phenols is 1. The van der Waals surface area contributed by atoms with Gasteiger partial charge in [-0.1, -0.05) is 29.3 Å². The molecule has 1 N–H and O–H groups in total. The third-order valence-corrected chi connectivity index (χ3v) is 8.93. The molecule has 4 atom stereocenters. The van der Waals surface area contributed by atoms with Gasteiger partial charge in [-0.05, 0) is 74.6 Å². The van der Waals surface area contributed by atoms with Crippen molar-refractivity contribution in [3.8, 4) is 11.5 Å². The molecule has 0 saturated carbocycles. The van der Waals surface area contributed by atoms with E-state index in [4.69, 9.17) is 11.6 Å². The number of hydrogen-bond donors (Lipinski definition) is 1. The van der Waals surface area contributed by atoms with Gasteiger partial charge in [-0.2, -0.15) is 0 Å². The number of hydrogen-bond acceptors (Lipinski definition) is 6. The molecule has 0 aromatic heterocycles. The summed E-state index contributed by atoms with van der Waals surface area (Å²) in [4.78, 5) is 55.4. The molecule has 1 fully saturated rings. The van der Waals surface area contributed by atoms with Gasteiger partial charge in [-0.25, -0.2) is 4.90 Å². The second kappa shape index (κ2) is 9.69. The van der Waals surface area contributed by atoms with Crippen LogP contribution in [0.5, 0.6) is 11.5 Å². The summed E-state index contributed by atoms with van der Waals surface area (Å²) in [5.74, 6) is -6.44. The molecule has 1 aliphatic heterocycles. The van der Waals surface area contributed by atoms with Gasteiger partial charge in [0, 0.05) is 33.2 Å². The van der Waals surface area contributed by atoms with E-state index in [1.54, 1.807) is 25.1 Å². The number of carbonyl (C=O) groups is 4. The molecule has 4 aliphatic rings. The predicted octanol–water partition coefficient (Wildman–Crippen LogP) is 5.89. The number of amides is 2. The summed E-state index contributed by atoms with van der Waals surface area (Å²) in [6.07, 6.45) is -2.04. The molecule has 1 saturated heterocycles. The van der Waals surface area contributed by atoms with E-state index in [9.17, 15) is 37.5 Å². The number of aromatic hydroxyl groups is 1. The van der Waals surface area contributed by atoms with Crippen LogP contribution in [-0.2, 0) is 19.2 Å². The lowest BCUT2D eigenvalue weighted by atomic mass is 9.59. The SMILES string of the molecule is CC1=CC(=O)C2=C(CC3C(=CCC4C(=O)N(c5ccc(C)c(Cl)c5)C(=O)C43)C2c2cc(OC(F)(F)F)ccc2O)C1=O. The third-order valence-electron chi connectivity index (χ3n) is 8.52. The number of aryl methyl sites for hydroxylation is 1. The molecule has 2 amide bonds. The Bertz CT molecular complexity index is 1700. The highest BCUT2D eigenvalue weighted by molar-refractivity contribution is 6.32. The van der Waals surface area contributed by atoms with Crippen LogP contribution in [0, 0.1) is 24.7 Å². The summed E-state index contributed by atoms with van der Waals surface area (Å²) in [5.41, 5.74) is 1.80. The number of carbonyl (C=O) groups excluding carboxylic acids is 4. The zero-order valence-electron chi connectivity index (χ0n) is 22.3. The molecule has 42 heavy (non-hydrogen) atoms. The number of phenolic OH excluding ortho intramolecular Hbond substituents is 1. The largest absolute Gasteiger partial charge is 0.573 e. The van der Waals surface area contributed by atoms with Gasteiger partial charge >= 0.3 is 6.36 Å². The maximum Gasteiger partial charge on any atom is 0.573 e. The molecular weight excluding hydrogens is 575 g/mol. The van der Waals surface area contributed by atoms with Crippen molar-refractivity contribution in [1.29, 1.82) is 0 Å². The van der Waals surface area contributed by atoms with Crippen LogP contribution in [0.4, 0.5) is 18.9 Å². The Kier molecular flexibility index (Phi) is 6.45. The molecular formula is C31H23ClF3NO6. The van der Waals surface area contributed by atoms with Gasteiger partial charge < -0.3 is 9.84 Å². The number of rotatable bonds is 3. The Labute approximate surface area is 242 Å². The summed E-state index contributed by atoms with van der Waals surface area (Å²) in [7, 11) is 0. The fourth-order valence-corrected chi connectivity index (χ4v) is 6.85. The van der Waals surface area contributed by atoms with Gasteiger partial charge in [-0.15, -0.1) is 13.2 Å². The predicted molar refractivity (Wildman–Crippen MR) is 145 cm³/mol. The molecule has 3 aliphatic carbocycles. The number of allylic oxidation sites excluding steroid dienone is 6. The standard InChI is InChI=1S/C31H23ClF3NO6/c1-13-3-4-15(10-22(13)32)36-29(40)18-7-6-17-19(26(18)30(36)41)12-21-27(24(38)9-14(2)28(21)39)25(17)20-11-16(5-8-23(20)37)42-31(33,34)35/h3-6,8-11,18-19,25-26,37H,7,12H2,1-2H3. The first kappa shape index (κ1) is 28.0. The molecule has 7 nitrogen and oxygen atoms in total. The smallest absolute Gasteiger partial charge is 0.508 e. The van der Waals surface area contributed by atoms with E-state index in [1.807, 2.05) is 0 Å². The number of benzene rings is 2. The van der Waals surface area contributed by atoms with Crippen LogP contribution in [0.15, 0.2) is 70.8 Å². The van der Waals surface area contributed by atoms with E-state index in [0.29, 0.717) is 16.3 Å². The van der Waals surface area contributed by atoms with Crippen LogP contribution in [0.2, 0.25) is 5.02 Å². The van der Waals surface area contributed by atoms with Crippen LogP contribution in [0.3, 0.4) is 0 Å². The van der Waals surface area contributed by atoms with Crippen LogP contribution in [0.1, 0.15) is 36.8 Å². The van der Waals surface area contributed by atoms with E-state index < -0.39 is 64.9 Å². The van der Waals surface area contributed by atoms with E-state index in [2.05, 4.69) is 4.74 Å². The van der Waals surface area contributed by atoms with Crippen LogP contribution in [0.25, 0.3) is 0 Å². The van der Waals surface area contributed by atoms with Crippen molar-refractivity contribution in [3.05, 3.63) is 87.0 Å². The minimum Gasteiger partial charge on any atom is -0.508 e. The first-order chi connectivity index (χ1) is 19.8. The van der Waals surface area contributed by atoms with E-state index in [-0.39, 0.29) is 35.1 Å². The lowest BCUT2D eigenvalue weighted by Gasteiger charge is -2.42. The maximum atomic E-state index is 14.0. The number of anilines is 1. The molecule has 216 valence electrons. The lowest BCUT2D eigenvalue weighted by Crippen LogP contribution is -2.39. The number of imide groups is 1. The van der Waals surface area contributed by atoms with Gasteiger partial charge in [0.15, 0.2) is 11.6 Å². The zero-order valence-corrected chi connectivity index (χ0v) is 23.0. The Balaban J connectivity index is 1.49. The van der Waals surface area contributed by atoms with Crippen molar-refractivity contribution in [2.45, 2.75) is 39.0 Å². The highest BCUT2D eigenvalue weighted by Gasteiger charge is 2.57. The van der Waals surface area contributed by atoms with Gasteiger partial charge in [0.25, 0.3) is 0 Å². The van der Waals surface area contributed by atoms with Crippen LogP contribution >= 0.6 is 11.6 Å². The van der Waals surface area contributed by atoms with Crippen molar-refractivity contribution < 1.29 is 42.2 Å². The molecule has 1 heterocycles. The van der Waals surface area contributed by atoms with E-state index >= 15 is 0 Å². The molecule has 4 unspecified atom stereocenters. The molecule has 2 aromatic carbocycles. The highest BCUT2D eigenvalue weighted by atomic mass is 35.5. The number of fused-ring (bicyclic) bond motifs is 3. The fourth-order valence-electron chi connectivity index (χ4n) is 6.67. The number of ketones is 2. The van der Waals surface area contributed by atoms with E-state index in [0.717, 1.165) is 28.7 Å². The Morgan fingerprint density at radius 3 is 2.43 bits per heavy atom. The molecule has 11 heteroatoms. The van der Waals surface area contributed by atoms with Gasteiger partial charge in [-0.3, -0.25) is 19.2 Å². The highest BCUT2D eigenvalue weighted by Crippen LogP contribution is 2.56. The quantitative estimate of drug-likeness (QED) is 0.269. The third kappa shape index (κ3) is 4.36. The topological polar surface area (TPSA) is 101 Å². The average molecular weight is 598 g/mol. The van der Waals surface area contributed by atoms with E-state index in [1.165, 1.54) is 19.1 Å². The second-order valence-electron chi connectivity index (χ2n) is 10.9. The number of halogens is 4. The summed E-state index contributed by atoms with van der Waals surface area (Å²) < 4.78 is 43.3. The van der Waals surface area contributed by atoms with Crippen molar-refractivity contribution in [1.82, 2.24) is 0 Å². The lowest BCUT2D eigenvalue weighted by molar-refractivity contribution is -0.274. The van der Waals surface area contributed by atoms with Crippen molar-refractivity contribution in [3.63, 3.8) is 0 Å². The summed E-state index contributed by atoms with van der Waals surface area (Å²) >= 11 is 6.28. The van der Waals surface area contributed by atoms with Crippen LogP contribution < -0.4 is 9.64 Å². The molecule has 6 rings (SSSR count). The average Bonchev–Trinajstić information content (AvgIpc) is 3.18. The normalized spacial score (nSPS) is 25.6. The van der Waals surface area contributed by atoms with Gasteiger partial charge in [0.2, 0.25) is 11.8 Å². The van der Waals surface area contributed by atoms with Crippen molar-refractivity contribution in [2.24, 2.45) is 17.8 Å². The monoisotopic (exact) mass is 597 g/mol. The Morgan fingerprint density at radius 1 is 1.00 bits per heavy atom. The van der Waals surface area contributed by atoms with Crippen molar-refractivity contribution in [2.75, 3.05) is 4.90 Å². The molecule has 0 spiro atoms. The Hall–Kier alpha value is -4.18. The second-order valence-corrected chi connectivity index (χ2v) is 11.3. The first-order valence-corrected chi connectivity index (χ1v) is 13.6. The number of ether oxygens (including phenoxy) is 1. The summed E-state index contributed by atoms with van der Waals surface area (Å²) in [5, 5.41) is 11.2. The molecule has 0 bridgehead atoms. The maximum absolute atomic E-state index is 14.0. The minimum atomic E-state index is -5.01. The van der Waals surface area contributed by atoms with Gasteiger partial charge in [0.05, 0.1) is 17.5 Å². The number of alkyl halides is 3. The molecule has 2 aromatic rings. The summed E-state index contributed by atoms with van der Waals surface area (Å²) in [6.45, 7) is 3.27. The zero-order chi connectivity index (χ0) is 30.2. The van der Waals surface area contributed by atoms with Crippen LogP contribution in [-0.4, -0.2) is 34.8 Å². The number of Topliss-reactive ketones (excluding diaryl/α,β-unsaturated/α-hetero) is 1. The first-order valence-electron chi connectivity index (χ1n) is 13.2. The molecule has 0 radical (unpaired) electrons. The minimum absolute atomic E-state index is 0.0182. The fraction of sp³-hybridized carbons (Fsp3) is 0.290. The van der Waals surface area contributed by atoms with Crippen molar-refractivity contribution >= 4 is 40.7 Å². The summed E-state index contributed by atoms with van der Waals surface area (Å²) in [6, 6.07) is 7.79. The number of nitrogens with zero attached hydrogens (tertiary/aromatic N) is 1.